The molecule has 1 amide bonds. The normalized spacial score (nSPS) is 21.0. The Kier molecular flexibility index (Phi) is 5.40. The van der Waals surface area contributed by atoms with Crippen molar-refractivity contribution in [1.82, 2.24) is 9.88 Å². The Morgan fingerprint density at radius 2 is 2.21 bits per heavy atom. The highest BCUT2D eigenvalue weighted by molar-refractivity contribution is 7.22. The predicted octanol–water partition coefficient (Wildman–Crippen LogP) is 2.92. The Balaban J connectivity index is 1.32. The lowest BCUT2D eigenvalue weighted by molar-refractivity contribution is -0.274. The number of halogens is 3. The zero-order chi connectivity index (χ0) is 20.6. The van der Waals surface area contributed by atoms with Gasteiger partial charge in [0.15, 0.2) is 5.13 Å². The molecule has 2 aliphatic rings. The molecule has 29 heavy (non-hydrogen) atoms. The molecule has 1 saturated heterocycles. The first-order chi connectivity index (χ1) is 13.8. The maximum Gasteiger partial charge on any atom is 0.573 e. The molecule has 3 N–H and O–H groups in total. The number of ether oxygens (including phenoxy) is 2. The smallest absolute Gasteiger partial charge is 0.406 e. The van der Waals surface area contributed by atoms with Crippen molar-refractivity contribution in [1.29, 1.82) is 0 Å². The van der Waals surface area contributed by atoms with E-state index in [4.69, 9.17) is 10.5 Å². The largest absolute Gasteiger partial charge is 0.573 e. The standard InChI is InChI=1S/C18H21F3N4O3S/c19-18(20,21)28-11-1-2-12-14(7-11)29-16(23-12)24-15(26)13-3-6-25(13)10-27-9-17(8-22)4-5-17/h1-2,7,13H,3-6,8-10,22H2,(H,23,24,26)/t13-/m0/s1. The number of thiazole rings is 1. The van der Waals surface area contributed by atoms with E-state index in [0.29, 0.717) is 41.7 Å². The summed E-state index contributed by atoms with van der Waals surface area (Å²) < 4.78 is 47.2. The number of hydrogen-bond acceptors (Lipinski definition) is 7. The molecule has 0 bridgehead atoms. The lowest BCUT2D eigenvalue weighted by Crippen LogP contribution is -2.55. The molecule has 2 heterocycles. The zero-order valence-electron chi connectivity index (χ0n) is 15.5. The van der Waals surface area contributed by atoms with Gasteiger partial charge in [-0.2, -0.15) is 0 Å². The second-order valence-electron chi connectivity index (χ2n) is 7.48. The summed E-state index contributed by atoms with van der Waals surface area (Å²) in [5.41, 5.74) is 6.35. The Morgan fingerprint density at radius 1 is 1.41 bits per heavy atom. The van der Waals surface area contributed by atoms with Crippen molar-refractivity contribution in [2.45, 2.75) is 31.7 Å². The number of nitrogens with zero attached hydrogens (tertiary/aromatic N) is 2. The highest BCUT2D eigenvalue weighted by Crippen LogP contribution is 2.44. The number of anilines is 1. The molecule has 0 radical (unpaired) electrons. The molecule has 1 saturated carbocycles. The van der Waals surface area contributed by atoms with Crippen LogP contribution in [-0.4, -0.2) is 54.6 Å². The number of rotatable bonds is 8. The van der Waals surface area contributed by atoms with Crippen LogP contribution in [-0.2, 0) is 9.53 Å². The van der Waals surface area contributed by atoms with E-state index in [1.165, 1.54) is 18.2 Å². The van der Waals surface area contributed by atoms with Crippen LogP contribution in [0.1, 0.15) is 19.3 Å². The van der Waals surface area contributed by atoms with Crippen molar-refractivity contribution in [2.75, 3.05) is 31.7 Å². The van der Waals surface area contributed by atoms with Crippen LogP contribution in [0.3, 0.4) is 0 Å². The summed E-state index contributed by atoms with van der Waals surface area (Å²) in [6, 6.07) is 3.57. The van der Waals surface area contributed by atoms with Crippen LogP contribution in [0.25, 0.3) is 10.2 Å². The van der Waals surface area contributed by atoms with Crippen molar-refractivity contribution >= 4 is 32.6 Å². The van der Waals surface area contributed by atoms with E-state index in [0.717, 1.165) is 30.7 Å². The van der Waals surface area contributed by atoms with Gasteiger partial charge in [0.25, 0.3) is 0 Å². The van der Waals surface area contributed by atoms with Gasteiger partial charge in [0.2, 0.25) is 5.91 Å². The molecule has 11 heteroatoms. The molecule has 1 aromatic carbocycles. The minimum absolute atomic E-state index is 0.123. The molecule has 0 spiro atoms. The van der Waals surface area contributed by atoms with Gasteiger partial charge in [-0.05, 0) is 31.4 Å². The lowest BCUT2D eigenvalue weighted by atomic mass is 10.0. The van der Waals surface area contributed by atoms with E-state index in [9.17, 15) is 18.0 Å². The molecule has 0 unspecified atom stereocenters. The van der Waals surface area contributed by atoms with Crippen LogP contribution in [0.2, 0.25) is 0 Å². The number of amides is 1. The first kappa shape index (κ1) is 20.3. The van der Waals surface area contributed by atoms with E-state index in [-0.39, 0.29) is 23.1 Å². The molecule has 158 valence electrons. The Morgan fingerprint density at radius 3 is 2.83 bits per heavy atom. The molecule has 1 aliphatic heterocycles. The van der Waals surface area contributed by atoms with Crippen molar-refractivity contribution < 1.29 is 27.4 Å². The van der Waals surface area contributed by atoms with E-state index >= 15 is 0 Å². The molecular formula is C18H21F3N4O3S. The average Bonchev–Trinajstić information content (AvgIpc) is 3.28. The second-order valence-corrected chi connectivity index (χ2v) is 8.51. The lowest BCUT2D eigenvalue weighted by Gasteiger charge is -2.39. The van der Waals surface area contributed by atoms with E-state index in [1.807, 2.05) is 4.90 Å². The highest BCUT2D eigenvalue weighted by atomic mass is 32.1. The summed E-state index contributed by atoms with van der Waals surface area (Å²) >= 11 is 1.10. The van der Waals surface area contributed by atoms with Gasteiger partial charge in [0.1, 0.15) is 5.75 Å². The number of carbonyl (C=O) groups excluding carboxylic acids is 1. The number of benzene rings is 1. The van der Waals surface area contributed by atoms with Gasteiger partial charge in [0, 0.05) is 24.6 Å². The third kappa shape index (κ3) is 4.80. The molecule has 1 aromatic heterocycles. The van der Waals surface area contributed by atoms with Crippen LogP contribution < -0.4 is 15.8 Å². The topological polar surface area (TPSA) is 89.7 Å². The minimum Gasteiger partial charge on any atom is -0.406 e. The van der Waals surface area contributed by atoms with E-state index in [1.54, 1.807) is 0 Å². The number of likely N-dealkylation sites (tertiary alicyclic amines) is 1. The van der Waals surface area contributed by atoms with Crippen LogP contribution >= 0.6 is 11.3 Å². The number of nitrogens with one attached hydrogen (secondary N) is 1. The molecule has 2 aromatic rings. The third-order valence-electron chi connectivity index (χ3n) is 5.31. The van der Waals surface area contributed by atoms with E-state index < -0.39 is 6.36 Å². The van der Waals surface area contributed by atoms with Crippen LogP contribution in [0, 0.1) is 5.41 Å². The van der Waals surface area contributed by atoms with Gasteiger partial charge in [0.05, 0.1) is 29.6 Å². The summed E-state index contributed by atoms with van der Waals surface area (Å²) in [6.45, 7) is 2.36. The summed E-state index contributed by atoms with van der Waals surface area (Å²) in [7, 11) is 0. The number of hydrogen-bond donors (Lipinski definition) is 2. The van der Waals surface area contributed by atoms with Crippen molar-refractivity contribution in [3.8, 4) is 5.75 Å². The van der Waals surface area contributed by atoms with Gasteiger partial charge in [-0.15, -0.1) is 13.2 Å². The molecule has 1 atom stereocenters. The van der Waals surface area contributed by atoms with Crippen LogP contribution in [0.5, 0.6) is 5.75 Å². The van der Waals surface area contributed by atoms with E-state index in [2.05, 4.69) is 15.0 Å². The third-order valence-corrected chi connectivity index (χ3v) is 6.25. The fourth-order valence-electron chi connectivity index (χ4n) is 3.20. The summed E-state index contributed by atoms with van der Waals surface area (Å²) in [6.07, 6.45) is -1.87. The Labute approximate surface area is 169 Å². The maximum absolute atomic E-state index is 12.5. The van der Waals surface area contributed by atoms with Crippen molar-refractivity contribution in [2.24, 2.45) is 11.1 Å². The first-order valence-corrected chi connectivity index (χ1v) is 10.1. The predicted molar refractivity (Wildman–Crippen MR) is 102 cm³/mol. The molecule has 1 aliphatic carbocycles. The van der Waals surface area contributed by atoms with Gasteiger partial charge in [-0.1, -0.05) is 11.3 Å². The highest BCUT2D eigenvalue weighted by Gasteiger charge is 2.42. The maximum atomic E-state index is 12.5. The molecular weight excluding hydrogens is 409 g/mol. The number of nitrogens with two attached hydrogens (primary N) is 1. The summed E-state index contributed by atoms with van der Waals surface area (Å²) in [5, 5.41) is 3.08. The van der Waals surface area contributed by atoms with Gasteiger partial charge in [-0.25, -0.2) is 4.98 Å². The number of aromatic nitrogens is 1. The monoisotopic (exact) mass is 430 g/mol. The van der Waals surface area contributed by atoms with Crippen LogP contribution in [0.4, 0.5) is 18.3 Å². The summed E-state index contributed by atoms with van der Waals surface area (Å²) in [4.78, 5) is 18.7. The quantitative estimate of drug-likeness (QED) is 0.670. The fraction of sp³-hybridized carbons (Fsp3) is 0.556. The second kappa shape index (κ2) is 7.71. The number of fused-ring (bicyclic) bond motifs is 1. The SMILES string of the molecule is NCC1(COCN2CC[C@H]2C(=O)Nc2nc3ccc(OC(F)(F)F)cc3s2)CC1. The molecule has 2 fully saturated rings. The van der Waals surface area contributed by atoms with Gasteiger partial charge >= 0.3 is 6.36 Å². The van der Waals surface area contributed by atoms with Crippen molar-refractivity contribution in [3.63, 3.8) is 0 Å². The minimum atomic E-state index is -4.76. The summed E-state index contributed by atoms with van der Waals surface area (Å²) in [5.74, 6) is -0.523. The van der Waals surface area contributed by atoms with Crippen molar-refractivity contribution in [3.05, 3.63) is 18.2 Å². The Hall–Kier alpha value is -1.95. The fourth-order valence-corrected chi connectivity index (χ4v) is 4.10. The average molecular weight is 430 g/mol. The molecule has 4 rings (SSSR count). The number of carbonyl (C=O) groups is 1. The first-order valence-electron chi connectivity index (χ1n) is 9.26. The number of alkyl halides is 3. The van der Waals surface area contributed by atoms with Gasteiger partial charge < -0.3 is 20.5 Å². The van der Waals surface area contributed by atoms with Gasteiger partial charge in [-0.3, -0.25) is 9.69 Å². The molecule has 7 nitrogen and oxygen atoms in total. The van der Waals surface area contributed by atoms with Crippen LogP contribution in [0.15, 0.2) is 18.2 Å². The zero-order valence-corrected chi connectivity index (χ0v) is 16.3. The Bertz CT molecular complexity index is 900.